The van der Waals surface area contributed by atoms with Crippen molar-refractivity contribution in [3.05, 3.63) is 52.4 Å². The van der Waals surface area contributed by atoms with Crippen molar-refractivity contribution in [2.75, 3.05) is 5.32 Å². The van der Waals surface area contributed by atoms with Crippen LogP contribution in [0.25, 0.3) is 0 Å². The number of benzene rings is 1. The second-order valence-corrected chi connectivity index (χ2v) is 5.09. The maximum atomic E-state index is 11.9. The van der Waals surface area contributed by atoms with E-state index in [2.05, 4.69) is 18.3 Å². The standard InChI is InChI=1S/C15H14N2OS/c1-2-11-3-5-12(6-4-11)9-14(18)17-15-13(10-16)7-8-19-15/h3-8H,2,9H2,1H3,(H,17,18). The van der Waals surface area contributed by atoms with Crippen LogP contribution in [0.1, 0.15) is 23.6 Å². The number of nitrogens with zero attached hydrogens (tertiary/aromatic N) is 1. The van der Waals surface area contributed by atoms with Crippen molar-refractivity contribution in [1.82, 2.24) is 0 Å². The van der Waals surface area contributed by atoms with E-state index in [1.165, 1.54) is 16.9 Å². The van der Waals surface area contributed by atoms with Gasteiger partial charge in [0, 0.05) is 0 Å². The van der Waals surface area contributed by atoms with Crippen molar-refractivity contribution in [3.63, 3.8) is 0 Å². The largest absolute Gasteiger partial charge is 0.316 e. The Morgan fingerprint density at radius 3 is 2.58 bits per heavy atom. The van der Waals surface area contributed by atoms with Crippen LogP contribution in [-0.2, 0) is 17.6 Å². The predicted molar refractivity (Wildman–Crippen MR) is 77.2 cm³/mol. The summed E-state index contributed by atoms with van der Waals surface area (Å²) in [4.78, 5) is 11.9. The molecule has 1 N–H and O–H groups in total. The summed E-state index contributed by atoms with van der Waals surface area (Å²) >= 11 is 1.36. The molecule has 4 heteroatoms. The predicted octanol–water partition coefficient (Wildman–Crippen LogP) is 3.36. The lowest BCUT2D eigenvalue weighted by Crippen LogP contribution is -2.14. The quantitative estimate of drug-likeness (QED) is 0.926. The molecule has 2 aromatic rings. The normalized spacial score (nSPS) is 9.89. The first kappa shape index (κ1) is 13.3. The average Bonchev–Trinajstić information content (AvgIpc) is 2.86. The molecule has 3 nitrogen and oxygen atoms in total. The molecule has 0 aliphatic carbocycles. The second kappa shape index (κ2) is 6.17. The van der Waals surface area contributed by atoms with E-state index < -0.39 is 0 Å². The van der Waals surface area contributed by atoms with Crippen LogP contribution in [0.3, 0.4) is 0 Å². The molecule has 0 bridgehead atoms. The summed E-state index contributed by atoms with van der Waals surface area (Å²) in [5, 5.41) is 14.1. The maximum absolute atomic E-state index is 11.9. The summed E-state index contributed by atoms with van der Waals surface area (Å²) < 4.78 is 0. The van der Waals surface area contributed by atoms with E-state index in [1.807, 2.05) is 24.3 Å². The van der Waals surface area contributed by atoms with Gasteiger partial charge in [0.15, 0.2) is 0 Å². The number of carbonyl (C=O) groups is 1. The van der Waals surface area contributed by atoms with Crippen molar-refractivity contribution < 1.29 is 4.79 Å². The molecule has 1 amide bonds. The van der Waals surface area contributed by atoms with Gasteiger partial charge in [-0.1, -0.05) is 31.2 Å². The number of nitriles is 1. The van der Waals surface area contributed by atoms with Crippen molar-refractivity contribution in [2.24, 2.45) is 0 Å². The number of carbonyl (C=O) groups excluding carboxylic acids is 1. The van der Waals surface area contributed by atoms with Gasteiger partial charge >= 0.3 is 0 Å². The van der Waals surface area contributed by atoms with Crippen molar-refractivity contribution in [2.45, 2.75) is 19.8 Å². The minimum atomic E-state index is -0.0943. The SMILES string of the molecule is CCc1ccc(CC(=O)Nc2sccc2C#N)cc1. The number of thiophene rings is 1. The first-order valence-corrected chi connectivity index (χ1v) is 6.96. The first-order chi connectivity index (χ1) is 9.22. The van der Waals surface area contributed by atoms with Gasteiger partial charge in [-0.05, 0) is 29.0 Å². The van der Waals surface area contributed by atoms with Crippen LogP contribution in [0.2, 0.25) is 0 Å². The highest BCUT2D eigenvalue weighted by Gasteiger charge is 2.08. The third-order valence-corrected chi connectivity index (χ3v) is 3.66. The lowest BCUT2D eigenvalue weighted by molar-refractivity contribution is -0.115. The Balaban J connectivity index is 1.99. The molecule has 0 unspecified atom stereocenters. The third-order valence-electron chi connectivity index (χ3n) is 2.83. The minimum Gasteiger partial charge on any atom is -0.316 e. The van der Waals surface area contributed by atoms with E-state index in [0.29, 0.717) is 17.0 Å². The first-order valence-electron chi connectivity index (χ1n) is 6.08. The Morgan fingerprint density at radius 1 is 1.26 bits per heavy atom. The average molecular weight is 270 g/mol. The second-order valence-electron chi connectivity index (χ2n) is 4.17. The van der Waals surface area contributed by atoms with E-state index in [-0.39, 0.29) is 5.91 Å². The van der Waals surface area contributed by atoms with Crippen molar-refractivity contribution in [1.29, 1.82) is 5.26 Å². The monoisotopic (exact) mass is 270 g/mol. The lowest BCUT2D eigenvalue weighted by Gasteiger charge is -2.04. The molecule has 0 spiro atoms. The molecular formula is C15H14N2OS. The third kappa shape index (κ3) is 3.43. The summed E-state index contributed by atoms with van der Waals surface area (Å²) in [6.45, 7) is 2.10. The molecule has 0 radical (unpaired) electrons. The van der Waals surface area contributed by atoms with Gasteiger partial charge in [0.2, 0.25) is 5.91 Å². The van der Waals surface area contributed by atoms with Gasteiger partial charge in [0.05, 0.1) is 12.0 Å². The fourth-order valence-electron chi connectivity index (χ4n) is 1.74. The summed E-state index contributed by atoms with van der Waals surface area (Å²) in [6, 6.07) is 11.8. The van der Waals surface area contributed by atoms with Gasteiger partial charge in [0.1, 0.15) is 11.1 Å². The van der Waals surface area contributed by atoms with Crippen LogP contribution in [-0.4, -0.2) is 5.91 Å². The highest BCUT2D eigenvalue weighted by atomic mass is 32.1. The van der Waals surface area contributed by atoms with Crippen LogP contribution in [0.15, 0.2) is 35.7 Å². The summed E-state index contributed by atoms with van der Waals surface area (Å²) in [6.07, 6.45) is 1.32. The molecule has 1 heterocycles. The zero-order chi connectivity index (χ0) is 13.7. The molecule has 0 atom stereocenters. The van der Waals surface area contributed by atoms with Gasteiger partial charge < -0.3 is 5.32 Å². The number of anilines is 1. The van der Waals surface area contributed by atoms with Crippen molar-refractivity contribution >= 4 is 22.2 Å². The van der Waals surface area contributed by atoms with E-state index in [4.69, 9.17) is 5.26 Å². The van der Waals surface area contributed by atoms with E-state index >= 15 is 0 Å². The molecule has 96 valence electrons. The van der Waals surface area contributed by atoms with Gasteiger partial charge in [-0.2, -0.15) is 5.26 Å². The molecular weight excluding hydrogens is 256 g/mol. The molecule has 0 fully saturated rings. The molecule has 0 saturated heterocycles. The topological polar surface area (TPSA) is 52.9 Å². The smallest absolute Gasteiger partial charge is 0.229 e. The highest BCUT2D eigenvalue weighted by molar-refractivity contribution is 7.14. The van der Waals surface area contributed by atoms with Gasteiger partial charge in [-0.25, -0.2) is 0 Å². The molecule has 19 heavy (non-hydrogen) atoms. The summed E-state index contributed by atoms with van der Waals surface area (Å²) in [7, 11) is 0. The number of rotatable bonds is 4. The Kier molecular flexibility index (Phi) is 4.32. The minimum absolute atomic E-state index is 0.0943. The molecule has 1 aromatic heterocycles. The molecule has 0 saturated carbocycles. The molecule has 0 aliphatic rings. The zero-order valence-electron chi connectivity index (χ0n) is 10.6. The van der Waals surface area contributed by atoms with Crippen LogP contribution in [0.4, 0.5) is 5.00 Å². The van der Waals surface area contributed by atoms with E-state index in [1.54, 1.807) is 11.4 Å². The zero-order valence-corrected chi connectivity index (χ0v) is 11.5. The van der Waals surface area contributed by atoms with Gasteiger partial charge in [0.25, 0.3) is 0 Å². The van der Waals surface area contributed by atoms with Crippen LogP contribution in [0.5, 0.6) is 0 Å². The molecule has 1 aromatic carbocycles. The fraction of sp³-hybridized carbons (Fsp3) is 0.200. The molecule has 0 aliphatic heterocycles. The van der Waals surface area contributed by atoms with Crippen LogP contribution < -0.4 is 5.32 Å². The number of hydrogen-bond donors (Lipinski definition) is 1. The number of amides is 1. The number of aryl methyl sites for hydroxylation is 1. The Hall–Kier alpha value is -2.12. The van der Waals surface area contributed by atoms with Crippen LogP contribution >= 0.6 is 11.3 Å². The lowest BCUT2D eigenvalue weighted by atomic mass is 10.1. The fourth-order valence-corrected chi connectivity index (χ4v) is 2.50. The molecule has 2 rings (SSSR count). The summed E-state index contributed by atoms with van der Waals surface area (Å²) in [5.74, 6) is -0.0943. The van der Waals surface area contributed by atoms with Crippen LogP contribution in [0, 0.1) is 11.3 Å². The van der Waals surface area contributed by atoms with Crippen molar-refractivity contribution in [3.8, 4) is 6.07 Å². The highest BCUT2D eigenvalue weighted by Crippen LogP contribution is 2.22. The number of hydrogen-bond acceptors (Lipinski definition) is 3. The maximum Gasteiger partial charge on any atom is 0.229 e. The van der Waals surface area contributed by atoms with E-state index in [9.17, 15) is 4.79 Å². The number of nitrogens with one attached hydrogen (secondary N) is 1. The van der Waals surface area contributed by atoms with E-state index in [0.717, 1.165) is 12.0 Å². The summed E-state index contributed by atoms with van der Waals surface area (Å²) in [5.41, 5.74) is 2.75. The van der Waals surface area contributed by atoms with Gasteiger partial charge in [-0.3, -0.25) is 4.79 Å². The van der Waals surface area contributed by atoms with Gasteiger partial charge in [-0.15, -0.1) is 11.3 Å². The Morgan fingerprint density at radius 2 is 1.95 bits per heavy atom. The Labute approximate surface area is 116 Å². The Bertz CT molecular complexity index is 608.